The second-order valence-electron chi connectivity index (χ2n) is 0. The maximum atomic E-state index is 0. The molecular weight excluding hydrogens is 142 g/mol. The molecule has 0 spiro atoms. The molecule has 0 heterocycles. The fourth-order valence-corrected chi connectivity index (χ4v) is 0. The maximum Gasteiger partial charge on any atom is 2.00 e. The van der Waals surface area contributed by atoms with E-state index in [1.165, 1.54) is 0 Å². The van der Waals surface area contributed by atoms with Gasteiger partial charge in [-0.15, -0.1) is 0 Å². The van der Waals surface area contributed by atoms with Crippen molar-refractivity contribution < 1.29 is 36.7 Å². The molecule has 0 saturated carbocycles. The zero-order valence-corrected chi connectivity index (χ0v) is 14.0. The van der Waals surface area contributed by atoms with E-state index in [-0.39, 0.29) is 126 Å². The Balaban J connectivity index is 0. The van der Waals surface area contributed by atoms with Gasteiger partial charge in [0, 0.05) is 0 Å². The third-order valence-corrected chi connectivity index (χ3v) is 0. The largest absolute Gasteiger partial charge is 2.00 e. The Morgan fingerprint density at radius 2 is 1.20 bits per heavy atom. The van der Waals surface area contributed by atoms with Crippen molar-refractivity contribution in [2.75, 3.05) is 0 Å². The molecule has 22 valence electrons. The molecule has 0 atom stereocenters. The minimum Gasteiger partial charge on any atom is -1.00 e. The average Bonchev–Trinajstić information content (AvgIpc) is 0. The minimum atomic E-state index is 0. The first-order chi connectivity index (χ1) is 0. The molecule has 0 N–H and O–H groups in total. The zero-order valence-electron chi connectivity index (χ0n) is 9.41. The summed E-state index contributed by atoms with van der Waals surface area (Å²) in [6, 6.07) is 0. The molecule has 0 unspecified atom stereocenters. The Morgan fingerprint density at radius 1 is 1.20 bits per heavy atom. The summed E-state index contributed by atoms with van der Waals surface area (Å²) >= 11 is 0. The molecule has 0 aliphatic heterocycles. The van der Waals surface area contributed by atoms with Crippen molar-refractivity contribution in [3.8, 4) is 0 Å². The van der Waals surface area contributed by atoms with Crippen molar-refractivity contribution in [2.24, 2.45) is 0 Å². The summed E-state index contributed by atoms with van der Waals surface area (Å²) in [4.78, 5) is 0. The number of hydrogen-bond acceptors (Lipinski definition) is 0. The van der Waals surface area contributed by atoms with Gasteiger partial charge in [0.15, 0.2) is 0 Å². The van der Waals surface area contributed by atoms with Crippen molar-refractivity contribution in [3.63, 3.8) is 0 Å². The fraction of sp³-hybridized carbons (Fsp3) is 0. The van der Waals surface area contributed by atoms with E-state index in [2.05, 4.69) is 0 Å². The summed E-state index contributed by atoms with van der Waals surface area (Å²) in [6.07, 6.45) is 0. The second kappa shape index (κ2) is 25.0. The van der Waals surface area contributed by atoms with Gasteiger partial charge in [0.05, 0.1) is 0 Å². The van der Waals surface area contributed by atoms with Gasteiger partial charge in [-0.3, -0.25) is 0 Å². The van der Waals surface area contributed by atoms with Crippen LogP contribution in [0.2, 0.25) is 0 Å². The maximum absolute atomic E-state index is 0. The van der Waals surface area contributed by atoms with Gasteiger partial charge in [-0.05, 0) is 11.0 Å². The van der Waals surface area contributed by atoms with Gasteiger partial charge < -0.3 is 7.13 Å². The summed E-state index contributed by atoms with van der Waals surface area (Å²) in [5.41, 5.74) is 0. The van der Waals surface area contributed by atoms with Crippen molar-refractivity contribution in [3.05, 3.63) is 0 Å². The van der Waals surface area contributed by atoms with E-state index in [1.807, 2.05) is 0 Å². The van der Waals surface area contributed by atoms with Crippen LogP contribution >= 0.6 is 0 Å². The molecule has 0 fully saturated rings. The molecule has 0 nitrogen and oxygen atoms in total. The molecular formula is H10AlCaMgNaSi. The van der Waals surface area contributed by atoms with Crippen molar-refractivity contribution in [1.29, 1.82) is 0 Å². The molecule has 0 aromatic heterocycles. The molecule has 5 heavy (non-hydrogen) atoms. The van der Waals surface area contributed by atoms with E-state index >= 15 is 0 Å². The monoisotopic (exact) mass is 152 g/mol. The first-order valence-corrected chi connectivity index (χ1v) is 0. The molecule has 5 heteroatoms. The standard InChI is InChI=1S/Al.Ca.Mg.Na.H3Si.7H/h;;;;1H3;;;;;;;/q;2*+2;+1;;;;5*-1. The van der Waals surface area contributed by atoms with Crippen LogP contribution in [0.4, 0.5) is 0 Å². The predicted octanol–water partition coefficient (Wildman–Crippen LogP) is -5.30. The summed E-state index contributed by atoms with van der Waals surface area (Å²) in [6.45, 7) is 0. The van der Waals surface area contributed by atoms with Gasteiger partial charge in [-0.25, -0.2) is 0 Å². The summed E-state index contributed by atoms with van der Waals surface area (Å²) in [5.74, 6) is 0. The predicted molar refractivity (Wildman–Crippen MR) is 35.6 cm³/mol. The Kier molecular flexibility index (Phi) is 186. The second-order valence-corrected chi connectivity index (χ2v) is 0. The van der Waals surface area contributed by atoms with E-state index in [4.69, 9.17) is 0 Å². The van der Waals surface area contributed by atoms with Crippen LogP contribution in [0, 0.1) is 0 Å². The van der Waals surface area contributed by atoms with Gasteiger partial charge in [0.1, 0.15) is 17.4 Å². The molecule has 0 aliphatic carbocycles. The van der Waals surface area contributed by atoms with Gasteiger partial charge in [0.25, 0.3) is 0 Å². The molecule has 0 aromatic carbocycles. The quantitative estimate of drug-likeness (QED) is 0.304. The van der Waals surface area contributed by atoms with Crippen LogP contribution in [-0.2, 0) is 0 Å². The van der Waals surface area contributed by atoms with Crippen molar-refractivity contribution in [2.45, 2.75) is 0 Å². The fourth-order valence-electron chi connectivity index (χ4n) is 0. The van der Waals surface area contributed by atoms with Crippen LogP contribution in [0.1, 0.15) is 7.13 Å². The molecule has 0 amide bonds. The van der Waals surface area contributed by atoms with Gasteiger partial charge in [-0.2, -0.15) is 0 Å². The van der Waals surface area contributed by atoms with E-state index in [0.29, 0.717) is 0 Å². The van der Waals surface area contributed by atoms with E-state index in [9.17, 15) is 0 Å². The average molecular weight is 153 g/mol. The van der Waals surface area contributed by atoms with E-state index in [0.717, 1.165) is 0 Å². The van der Waals surface area contributed by atoms with Crippen LogP contribution in [0.5, 0.6) is 0 Å². The Bertz CT molecular complexity index is 21.6. The summed E-state index contributed by atoms with van der Waals surface area (Å²) < 4.78 is 0. The summed E-state index contributed by atoms with van der Waals surface area (Å²) in [5, 5.41) is 0. The first-order valence-electron chi connectivity index (χ1n) is 0. The normalized spacial score (nSPS) is 0. The first kappa shape index (κ1) is 37.2. The van der Waals surface area contributed by atoms with Crippen LogP contribution < -0.4 is 29.6 Å². The van der Waals surface area contributed by atoms with Crippen LogP contribution in [0.25, 0.3) is 0 Å². The van der Waals surface area contributed by atoms with Crippen LogP contribution in [0.15, 0.2) is 0 Å². The Labute approximate surface area is 123 Å². The van der Waals surface area contributed by atoms with E-state index < -0.39 is 0 Å². The van der Waals surface area contributed by atoms with Crippen molar-refractivity contribution in [1.82, 2.24) is 0 Å². The Hall–Kier alpha value is 3.78. The summed E-state index contributed by atoms with van der Waals surface area (Å²) in [7, 11) is 0. The number of hydrogen-bond donors (Lipinski definition) is 0. The van der Waals surface area contributed by atoms with Gasteiger partial charge in [0.2, 0.25) is 0 Å². The minimum absolute atomic E-state index is 0. The SMILES string of the molecule is [AlH2].[Ca+2].[H-].[H-].[H-].[H-].[H-].[Mg+2].[Na+].[SiH3]. The molecule has 0 rings (SSSR count). The molecule has 2 radical (unpaired) electrons. The smallest absolute Gasteiger partial charge is 1.00 e. The van der Waals surface area contributed by atoms with Gasteiger partial charge in [-0.1, -0.05) is 0 Å². The Morgan fingerprint density at radius 3 is 1.20 bits per heavy atom. The number of rotatable bonds is 0. The molecule has 0 bridgehead atoms. The van der Waals surface area contributed by atoms with E-state index in [1.54, 1.807) is 0 Å². The molecule has 0 saturated heterocycles. The van der Waals surface area contributed by atoms with Crippen LogP contribution in [0.3, 0.4) is 0 Å². The molecule has 0 aliphatic rings. The zero-order chi connectivity index (χ0) is 0. The van der Waals surface area contributed by atoms with Crippen molar-refractivity contribution >= 4 is 89.1 Å². The third kappa shape index (κ3) is 18.2. The van der Waals surface area contributed by atoms with Gasteiger partial charge >= 0.3 is 90.3 Å². The third-order valence-electron chi connectivity index (χ3n) is 0. The molecule has 0 aromatic rings. The topological polar surface area (TPSA) is 0 Å². The van der Waals surface area contributed by atoms with Crippen LogP contribution in [-0.4, -0.2) is 89.1 Å².